The van der Waals surface area contributed by atoms with Crippen LogP contribution in [-0.4, -0.2) is 4.57 Å². The van der Waals surface area contributed by atoms with Gasteiger partial charge in [-0.1, -0.05) is 29.8 Å². The van der Waals surface area contributed by atoms with E-state index in [-0.39, 0.29) is 0 Å². The van der Waals surface area contributed by atoms with E-state index in [1.54, 1.807) is 30.3 Å². The molecule has 5 heteroatoms. The number of hydrogen-bond donors (Lipinski definition) is 1. The van der Waals surface area contributed by atoms with Crippen molar-refractivity contribution < 1.29 is 4.42 Å². The molecule has 0 aliphatic carbocycles. The number of hydrogen-bond acceptors (Lipinski definition) is 3. The molecule has 19 heavy (non-hydrogen) atoms. The van der Waals surface area contributed by atoms with Gasteiger partial charge in [0.1, 0.15) is 5.52 Å². The average molecular weight is 275 g/mol. The van der Waals surface area contributed by atoms with Gasteiger partial charge in [-0.05, 0) is 29.8 Å². The normalized spacial score (nSPS) is 11.0. The number of fused-ring (bicyclic) bond motifs is 1. The first-order valence-corrected chi connectivity index (χ1v) is 6.15. The summed E-state index contributed by atoms with van der Waals surface area (Å²) in [7, 11) is 0. The number of oxazole rings is 1. The topological polar surface area (TPSA) is 61.2 Å². The van der Waals surface area contributed by atoms with Crippen molar-refractivity contribution in [1.82, 2.24) is 4.57 Å². The van der Waals surface area contributed by atoms with Crippen molar-refractivity contribution in [1.29, 1.82) is 0 Å². The van der Waals surface area contributed by atoms with E-state index in [0.717, 1.165) is 5.56 Å². The van der Waals surface area contributed by atoms with Crippen molar-refractivity contribution in [2.45, 2.75) is 6.54 Å². The summed E-state index contributed by atoms with van der Waals surface area (Å²) in [5.74, 6) is -0.414. The molecule has 0 amide bonds. The second kappa shape index (κ2) is 4.48. The smallest absolute Gasteiger partial charge is 0.408 e. The maximum Gasteiger partial charge on any atom is 0.420 e. The summed E-state index contributed by atoms with van der Waals surface area (Å²) in [6.45, 7) is 0.400. The van der Waals surface area contributed by atoms with Crippen LogP contribution in [0.25, 0.3) is 11.1 Å². The molecular weight excluding hydrogens is 264 g/mol. The molecule has 3 rings (SSSR count). The Morgan fingerprint density at radius 3 is 2.63 bits per heavy atom. The first kappa shape index (κ1) is 11.9. The summed E-state index contributed by atoms with van der Waals surface area (Å²) in [6.07, 6.45) is 0. The Labute approximate surface area is 114 Å². The molecule has 0 atom stereocenters. The second-order valence-electron chi connectivity index (χ2n) is 4.27. The molecule has 0 bridgehead atoms. The van der Waals surface area contributed by atoms with Crippen molar-refractivity contribution in [3.8, 4) is 0 Å². The Balaban J connectivity index is 2.12. The van der Waals surface area contributed by atoms with Crippen molar-refractivity contribution >= 4 is 28.4 Å². The van der Waals surface area contributed by atoms with Crippen LogP contribution in [-0.2, 0) is 6.54 Å². The van der Waals surface area contributed by atoms with Crippen molar-refractivity contribution in [3.05, 3.63) is 63.6 Å². The molecule has 2 N–H and O–H groups in total. The first-order chi connectivity index (χ1) is 9.15. The monoisotopic (exact) mass is 274 g/mol. The highest BCUT2D eigenvalue weighted by Crippen LogP contribution is 2.21. The van der Waals surface area contributed by atoms with Gasteiger partial charge >= 0.3 is 5.76 Å². The standard InChI is InChI=1S/C14H11ClN2O2/c15-10-6-4-9(5-7-10)8-17-13-11(16)2-1-3-12(13)19-14(17)18/h1-7H,8,16H2. The second-order valence-corrected chi connectivity index (χ2v) is 4.71. The summed E-state index contributed by atoms with van der Waals surface area (Å²) >= 11 is 5.84. The van der Waals surface area contributed by atoms with Crippen LogP contribution in [0, 0.1) is 0 Å². The van der Waals surface area contributed by atoms with Gasteiger partial charge in [-0.15, -0.1) is 0 Å². The van der Waals surface area contributed by atoms with Crippen LogP contribution in [0.3, 0.4) is 0 Å². The van der Waals surface area contributed by atoms with E-state index in [2.05, 4.69) is 0 Å². The van der Waals surface area contributed by atoms with Crippen LogP contribution in [0.4, 0.5) is 5.69 Å². The van der Waals surface area contributed by atoms with Crippen LogP contribution in [0.2, 0.25) is 5.02 Å². The van der Waals surface area contributed by atoms with Crippen LogP contribution >= 0.6 is 11.6 Å². The lowest BCUT2D eigenvalue weighted by atomic mass is 10.2. The molecule has 0 radical (unpaired) electrons. The van der Waals surface area contributed by atoms with Gasteiger partial charge in [-0.25, -0.2) is 4.79 Å². The van der Waals surface area contributed by atoms with E-state index < -0.39 is 5.76 Å². The number of rotatable bonds is 2. The first-order valence-electron chi connectivity index (χ1n) is 5.77. The predicted octanol–water partition coefficient (Wildman–Crippen LogP) is 2.88. The molecule has 0 aliphatic rings. The minimum Gasteiger partial charge on any atom is -0.408 e. The van der Waals surface area contributed by atoms with Gasteiger partial charge in [0.2, 0.25) is 0 Å². The zero-order valence-electron chi connectivity index (χ0n) is 9.97. The molecular formula is C14H11ClN2O2. The largest absolute Gasteiger partial charge is 0.420 e. The van der Waals surface area contributed by atoms with E-state index in [1.807, 2.05) is 12.1 Å². The van der Waals surface area contributed by atoms with E-state index >= 15 is 0 Å². The molecule has 0 saturated carbocycles. The van der Waals surface area contributed by atoms with E-state index in [1.165, 1.54) is 4.57 Å². The summed E-state index contributed by atoms with van der Waals surface area (Å²) in [5.41, 5.74) is 8.51. The van der Waals surface area contributed by atoms with Gasteiger partial charge in [0.25, 0.3) is 0 Å². The molecule has 4 nitrogen and oxygen atoms in total. The lowest BCUT2D eigenvalue weighted by molar-refractivity contribution is 0.518. The summed E-state index contributed by atoms with van der Waals surface area (Å²) in [6, 6.07) is 12.5. The number of aromatic nitrogens is 1. The molecule has 0 aliphatic heterocycles. The van der Waals surface area contributed by atoms with E-state index in [9.17, 15) is 4.79 Å². The van der Waals surface area contributed by atoms with Crippen LogP contribution in [0.1, 0.15) is 5.56 Å². The minimum atomic E-state index is -0.414. The Hall–Kier alpha value is -2.20. The fraction of sp³-hybridized carbons (Fsp3) is 0.0714. The lowest BCUT2D eigenvalue weighted by Gasteiger charge is -2.04. The summed E-state index contributed by atoms with van der Waals surface area (Å²) in [5, 5.41) is 0.660. The highest BCUT2D eigenvalue weighted by atomic mass is 35.5. The average Bonchev–Trinajstić information content (AvgIpc) is 2.70. The number of anilines is 1. The number of nitrogens with zero attached hydrogens (tertiary/aromatic N) is 1. The van der Waals surface area contributed by atoms with Crippen LogP contribution < -0.4 is 11.5 Å². The Bertz CT molecular complexity index is 787. The number of halogens is 1. The maximum absolute atomic E-state index is 11.9. The van der Waals surface area contributed by atoms with Crippen LogP contribution in [0.15, 0.2) is 51.7 Å². The van der Waals surface area contributed by atoms with Gasteiger partial charge in [-0.3, -0.25) is 4.57 Å². The molecule has 1 heterocycles. The summed E-state index contributed by atoms with van der Waals surface area (Å²) in [4.78, 5) is 11.9. The van der Waals surface area contributed by atoms with Gasteiger partial charge in [0.15, 0.2) is 5.58 Å². The molecule has 0 spiro atoms. The molecule has 0 unspecified atom stereocenters. The number of nitrogen functional groups attached to an aromatic ring is 1. The van der Waals surface area contributed by atoms with Crippen molar-refractivity contribution in [2.24, 2.45) is 0 Å². The number of nitrogens with two attached hydrogens (primary N) is 1. The molecule has 2 aromatic carbocycles. The summed E-state index contributed by atoms with van der Waals surface area (Å²) < 4.78 is 6.70. The van der Waals surface area contributed by atoms with Gasteiger partial charge < -0.3 is 10.2 Å². The van der Waals surface area contributed by atoms with Gasteiger partial charge in [0.05, 0.1) is 12.2 Å². The third-order valence-corrected chi connectivity index (χ3v) is 3.22. The van der Waals surface area contributed by atoms with E-state index in [0.29, 0.717) is 28.4 Å². The molecule has 1 aromatic heterocycles. The zero-order valence-corrected chi connectivity index (χ0v) is 10.7. The molecule has 3 aromatic rings. The molecule has 0 fully saturated rings. The lowest BCUT2D eigenvalue weighted by Crippen LogP contribution is -2.15. The predicted molar refractivity (Wildman–Crippen MR) is 75.4 cm³/mol. The van der Waals surface area contributed by atoms with E-state index in [4.69, 9.17) is 21.8 Å². The number of benzene rings is 2. The number of para-hydroxylation sites is 1. The third-order valence-electron chi connectivity index (χ3n) is 2.97. The van der Waals surface area contributed by atoms with Crippen molar-refractivity contribution in [3.63, 3.8) is 0 Å². The van der Waals surface area contributed by atoms with Crippen molar-refractivity contribution in [2.75, 3.05) is 5.73 Å². The zero-order chi connectivity index (χ0) is 13.4. The molecule has 96 valence electrons. The minimum absolute atomic E-state index is 0.400. The quantitative estimate of drug-likeness (QED) is 0.731. The highest BCUT2D eigenvalue weighted by molar-refractivity contribution is 6.30. The SMILES string of the molecule is Nc1cccc2oc(=O)n(Cc3ccc(Cl)cc3)c12. The Kier molecular flexibility index (Phi) is 2.80. The third kappa shape index (κ3) is 2.11. The highest BCUT2D eigenvalue weighted by Gasteiger charge is 2.11. The fourth-order valence-corrected chi connectivity index (χ4v) is 2.19. The molecule has 0 saturated heterocycles. The fourth-order valence-electron chi connectivity index (χ4n) is 2.07. The maximum atomic E-state index is 11.9. The van der Waals surface area contributed by atoms with Crippen LogP contribution in [0.5, 0.6) is 0 Å². The Morgan fingerprint density at radius 1 is 1.16 bits per heavy atom. The van der Waals surface area contributed by atoms with Gasteiger partial charge in [-0.2, -0.15) is 0 Å². The Morgan fingerprint density at radius 2 is 1.89 bits per heavy atom. The van der Waals surface area contributed by atoms with Gasteiger partial charge in [0, 0.05) is 5.02 Å².